The topological polar surface area (TPSA) is 44.2 Å². The minimum atomic E-state index is -3.21. The van der Waals surface area contributed by atoms with E-state index < -0.39 is 20.2 Å². The normalized spacial score (nSPS) is 21.9. The Morgan fingerprint density at radius 2 is 2.58 bits per heavy atom. The van der Waals surface area contributed by atoms with E-state index in [9.17, 15) is 0 Å². The van der Waals surface area contributed by atoms with Crippen molar-refractivity contribution >= 4 is 15.9 Å². The summed E-state index contributed by atoms with van der Waals surface area (Å²) in [4.78, 5) is 7.35. The Labute approximate surface area is 88.9 Å². The number of rotatable bonds is 4. The van der Waals surface area contributed by atoms with Gasteiger partial charge in [0.2, 0.25) is 5.88 Å². The van der Waals surface area contributed by atoms with Crippen LogP contribution in [-0.2, 0) is 4.74 Å². The molecular weight excluding hydrogens is 224 g/mol. The average Bonchev–Trinajstić information content (AvgIpc) is 2.12. The molecule has 0 aromatic carbocycles. The van der Waals surface area contributed by atoms with Crippen molar-refractivity contribution in [3.8, 4) is 5.88 Å². The number of ether oxygens (including phenoxy) is 2. The fourth-order valence-electron chi connectivity index (χ4n) is 0.469. The molecule has 0 fully saturated rings. The lowest BCUT2D eigenvalue weighted by atomic mass is 10.7. The molecule has 0 radical (unpaired) electrons. The molecule has 1 rings (SSSR count). The lowest BCUT2D eigenvalue weighted by Crippen LogP contribution is -2.05. The zero-order valence-electron chi connectivity index (χ0n) is 12.7. The first-order valence-electron chi connectivity index (χ1n) is 6.30. The molecule has 0 saturated carbocycles. The molecule has 0 aliphatic heterocycles. The molecule has 0 saturated heterocycles. The molecule has 0 aliphatic carbocycles. The van der Waals surface area contributed by atoms with Crippen LogP contribution in [0.4, 0.5) is 0 Å². The standard InChI is InChI=1S/C7H9BrN2O2/c1-11-2-3-12-7-5-9-4-6(8)10-7/h4-5H,2-3H2,1H3/i1D3,2D2,3D2. The molecule has 1 heterocycles. The monoisotopic (exact) mass is 239 g/mol. The molecule has 4 nitrogen and oxygen atoms in total. The molecule has 0 atom stereocenters. The summed E-state index contributed by atoms with van der Waals surface area (Å²) in [6.45, 7) is -6.28. The van der Waals surface area contributed by atoms with Gasteiger partial charge in [0.05, 0.1) is 28.5 Å². The number of methoxy groups -OCH3 is 1. The number of aromatic nitrogens is 2. The maximum atomic E-state index is 7.43. The fraction of sp³-hybridized carbons (Fsp3) is 0.429. The maximum Gasteiger partial charge on any atom is 0.233 e. The van der Waals surface area contributed by atoms with Gasteiger partial charge in [-0.3, -0.25) is 4.98 Å². The van der Waals surface area contributed by atoms with E-state index in [-0.39, 0.29) is 10.5 Å². The molecule has 5 heteroatoms. The van der Waals surface area contributed by atoms with Crippen LogP contribution in [0.25, 0.3) is 0 Å². The van der Waals surface area contributed by atoms with Gasteiger partial charge in [-0.05, 0) is 15.9 Å². The van der Waals surface area contributed by atoms with Gasteiger partial charge < -0.3 is 9.47 Å². The van der Waals surface area contributed by atoms with E-state index in [0.29, 0.717) is 0 Å². The van der Waals surface area contributed by atoms with Crippen LogP contribution in [0.5, 0.6) is 5.88 Å². The number of hydrogen-bond acceptors (Lipinski definition) is 4. The van der Waals surface area contributed by atoms with Crippen LogP contribution in [0.1, 0.15) is 9.60 Å². The largest absolute Gasteiger partial charge is 0.474 e. The Balaban J connectivity index is 2.91. The molecule has 66 valence electrons. The highest BCUT2D eigenvalue weighted by molar-refractivity contribution is 9.10. The van der Waals surface area contributed by atoms with Crippen molar-refractivity contribution in [3.63, 3.8) is 0 Å². The van der Waals surface area contributed by atoms with E-state index in [2.05, 4.69) is 35.4 Å². The number of hydrogen-bond donors (Lipinski definition) is 0. The second kappa shape index (κ2) is 5.05. The Bertz CT molecular complexity index is 453. The summed E-state index contributed by atoms with van der Waals surface area (Å²) in [6.07, 6.45) is 2.37. The van der Waals surface area contributed by atoms with Gasteiger partial charge in [-0.25, -0.2) is 4.98 Å². The minimum absolute atomic E-state index is 0.248. The number of halogens is 1. The van der Waals surface area contributed by atoms with Crippen LogP contribution >= 0.6 is 15.9 Å². The Morgan fingerprint density at radius 1 is 1.67 bits per heavy atom. The third-order valence-corrected chi connectivity index (χ3v) is 1.21. The highest BCUT2D eigenvalue weighted by atomic mass is 79.9. The van der Waals surface area contributed by atoms with Crippen LogP contribution in [-0.4, -0.2) is 30.1 Å². The maximum absolute atomic E-state index is 7.43. The van der Waals surface area contributed by atoms with E-state index >= 15 is 0 Å². The molecule has 0 unspecified atom stereocenters. The van der Waals surface area contributed by atoms with Crippen molar-refractivity contribution in [2.75, 3.05) is 20.2 Å². The van der Waals surface area contributed by atoms with E-state index in [1.165, 1.54) is 6.20 Å². The minimum Gasteiger partial charge on any atom is -0.474 e. The summed E-state index contributed by atoms with van der Waals surface area (Å²) in [5, 5.41) is 0. The van der Waals surface area contributed by atoms with E-state index in [1.807, 2.05) is 0 Å². The summed E-state index contributed by atoms with van der Waals surface area (Å²) in [7, 11) is -3.11. The molecule has 1 aromatic rings. The average molecular weight is 240 g/mol. The summed E-state index contributed by atoms with van der Waals surface area (Å²) in [5.74, 6) is -0.322. The number of nitrogens with zero attached hydrogens (tertiary/aromatic N) is 2. The Kier molecular flexibility index (Phi) is 1.51. The second-order valence-electron chi connectivity index (χ2n) is 1.59. The zero-order valence-corrected chi connectivity index (χ0v) is 7.33. The Hall–Kier alpha value is -0.680. The molecule has 0 bridgehead atoms. The highest BCUT2D eigenvalue weighted by Crippen LogP contribution is 2.09. The van der Waals surface area contributed by atoms with Gasteiger partial charge in [0.25, 0.3) is 0 Å². The third kappa shape index (κ3) is 3.15. The molecular formula is C7H9BrN2O2. The van der Waals surface area contributed by atoms with E-state index in [0.717, 1.165) is 6.20 Å². The zero-order chi connectivity index (χ0) is 14.9. The van der Waals surface area contributed by atoms with Crippen LogP contribution in [0.3, 0.4) is 0 Å². The molecule has 0 spiro atoms. The van der Waals surface area contributed by atoms with Crippen molar-refractivity contribution in [3.05, 3.63) is 17.0 Å². The summed E-state index contributed by atoms with van der Waals surface area (Å²) >= 11 is 2.98. The van der Waals surface area contributed by atoms with Gasteiger partial charge in [-0.15, -0.1) is 0 Å². The summed E-state index contributed by atoms with van der Waals surface area (Å²) in [6, 6.07) is 0. The molecule has 0 aliphatic rings. The quantitative estimate of drug-likeness (QED) is 0.794. The first-order chi connectivity index (χ1) is 8.43. The van der Waals surface area contributed by atoms with Crippen molar-refractivity contribution < 1.29 is 19.1 Å². The third-order valence-electron chi connectivity index (χ3n) is 0.831. The predicted molar refractivity (Wildman–Crippen MR) is 47.1 cm³/mol. The molecule has 0 N–H and O–H groups in total. The Morgan fingerprint density at radius 3 is 3.33 bits per heavy atom. The summed E-state index contributed by atoms with van der Waals surface area (Å²) < 4.78 is 58.9. The fourth-order valence-corrected chi connectivity index (χ4v) is 0.762. The van der Waals surface area contributed by atoms with Gasteiger partial charge in [0, 0.05) is 7.04 Å². The van der Waals surface area contributed by atoms with Crippen LogP contribution in [0.15, 0.2) is 17.0 Å². The van der Waals surface area contributed by atoms with Gasteiger partial charge in [0.1, 0.15) is 11.2 Å². The van der Waals surface area contributed by atoms with Crippen LogP contribution in [0, 0.1) is 0 Å². The van der Waals surface area contributed by atoms with Gasteiger partial charge in [-0.1, -0.05) is 0 Å². The van der Waals surface area contributed by atoms with Gasteiger partial charge in [0.15, 0.2) is 0 Å². The summed E-state index contributed by atoms with van der Waals surface area (Å²) in [5.41, 5.74) is 0. The van der Waals surface area contributed by atoms with Gasteiger partial charge in [-0.2, -0.15) is 0 Å². The van der Waals surface area contributed by atoms with E-state index in [4.69, 9.17) is 9.60 Å². The smallest absolute Gasteiger partial charge is 0.233 e. The molecule has 1 aromatic heterocycles. The van der Waals surface area contributed by atoms with Crippen molar-refractivity contribution in [2.24, 2.45) is 0 Å². The second-order valence-corrected chi connectivity index (χ2v) is 2.40. The van der Waals surface area contributed by atoms with E-state index in [1.54, 1.807) is 0 Å². The first kappa shape index (κ1) is 3.59. The molecule has 0 amide bonds. The highest BCUT2D eigenvalue weighted by Gasteiger charge is 1.95. The predicted octanol–water partition coefficient (Wildman–Crippen LogP) is 1.26. The van der Waals surface area contributed by atoms with Gasteiger partial charge >= 0.3 is 0 Å². The molecule has 12 heavy (non-hydrogen) atoms. The van der Waals surface area contributed by atoms with Crippen molar-refractivity contribution in [1.82, 2.24) is 9.97 Å². The van der Waals surface area contributed by atoms with Crippen molar-refractivity contribution in [2.45, 2.75) is 0 Å². The lowest BCUT2D eigenvalue weighted by molar-refractivity contribution is 0.143. The van der Waals surface area contributed by atoms with Crippen LogP contribution in [0.2, 0.25) is 0 Å². The first-order valence-corrected chi connectivity index (χ1v) is 3.59. The lowest BCUT2D eigenvalue weighted by Gasteiger charge is -2.02. The van der Waals surface area contributed by atoms with Crippen molar-refractivity contribution in [1.29, 1.82) is 0 Å². The van der Waals surface area contributed by atoms with Crippen LogP contribution < -0.4 is 4.74 Å². The SMILES string of the molecule is [2H]C([2H])([2H])OC([2H])([2H])C([2H])([2H])Oc1cncc(Br)n1.